The van der Waals surface area contributed by atoms with E-state index in [-0.39, 0.29) is 0 Å². The zero-order chi connectivity index (χ0) is 18.5. The molecule has 0 unspecified atom stereocenters. The number of hydrogen-bond donors (Lipinski definition) is 1. The third-order valence-corrected chi connectivity index (χ3v) is 5.59. The summed E-state index contributed by atoms with van der Waals surface area (Å²) in [5.41, 5.74) is 9.17. The molecule has 0 spiro atoms. The standard InChI is InChI=1S/C22H24N4S/c1-17-7-9-19(10-8-17)21-16-27-22(23-21)25-24-20-11-13-26(14-12-20)15-18-5-3-2-4-6-18/h2-10,16H,11-15H2,1H3,(H,23,25). The monoisotopic (exact) mass is 376 g/mol. The third-order valence-electron chi connectivity index (χ3n) is 4.84. The van der Waals surface area contributed by atoms with Crippen molar-refractivity contribution in [2.75, 3.05) is 18.5 Å². The van der Waals surface area contributed by atoms with Crippen molar-refractivity contribution in [1.82, 2.24) is 9.88 Å². The summed E-state index contributed by atoms with van der Waals surface area (Å²) in [7, 11) is 0. The molecule has 27 heavy (non-hydrogen) atoms. The van der Waals surface area contributed by atoms with Crippen LogP contribution in [0, 0.1) is 6.92 Å². The molecule has 0 saturated carbocycles. The van der Waals surface area contributed by atoms with E-state index in [1.54, 1.807) is 11.3 Å². The molecular weight excluding hydrogens is 352 g/mol. The topological polar surface area (TPSA) is 40.5 Å². The van der Waals surface area contributed by atoms with Crippen molar-refractivity contribution in [1.29, 1.82) is 0 Å². The van der Waals surface area contributed by atoms with Gasteiger partial charge in [0.15, 0.2) is 0 Å². The van der Waals surface area contributed by atoms with Crippen molar-refractivity contribution >= 4 is 22.2 Å². The van der Waals surface area contributed by atoms with Crippen molar-refractivity contribution in [3.8, 4) is 11.3 Å². The Balaban J connectivity index is 1.30. The second-order valence-electron chi connectivity index (χ2n) is 6.96. The number of hydrazone groups is 1. The molecule has 1 fully saturated rings. The summed E-state index contributed by atoms with van der Waals surface area (Å²) in [6.45, 7) is 5.23. The number of aryl methyl sites for hydroxylation is 1. The summed E-state index contributed by atoms with van der Waals surface area (Å²) >= 11 is 1.60. The van der Waals surface area contributed by atoms with Gasteiger partial charge in [0, 0.05) is 49.1 Å². The number of aromatic nitrogens is 1. The molecule has 2 aromatic carbocycles. The molecule has 4 nitrogen and oxygen atoms in total. The number of nitrogens with one attached hydrogen (secondary N) is 1. The summed E-state index contributed by atoms with van der Waals surface area (Å²) in [6.07, 6.45) is 2.02. The van der Waals surface area contributed by atoms with Crippen molar-refractivity contribution in [3.63, 3.8) is 0 Å². The van der Waals surface area contributed by atoms with E-state index in [2.05, 4.69) is 87.3 Å². The highest BCUT2D eigenvalue weighted by Gasteiger charge is 2.15. The number of piperidine rings is 1. The molecule has 2 heterocycles. The average molecular weight is 377 g/mol. The summed E-state index contributed by atoms with van der Waals surface area (Å²) in [5, 5.41) is 7.53. The molecule has 0 aliphatic carbocycles. The zero-order valence-electron chi connectivity index (χ0n) is 15.6. The van der Waals surface area contributed by atoms with Crippen LogP contribution < -0.4 is 5.43 Å². The smallest absolute Gasteiger partial charge is 0.203 e. The highest BCUT2D eigenvalue weighted by atomic mass is 32.1. The minimum atomic E-state index is 0.852. The van der Waals surface area contributed by atoms with Gasteiger partial charge in [-0.3, -0.25) is 10.3 Å². The van der Waals surface area contributed by atoms with Gasteiger partial charge < -0.3 is 0 Å². The van der Waals surface area contributed by atoms with Gasteiger partial charge in [-0.25, -0.2) is 4.98 Å². The van der Waals surface area contributed by atoms with E-state index < -0.39 is 0 Å². The van der Waals surface area contributed by atoms with Crippen molar-refractivity contribution in [2.45, 2.75) is 26.3 Å². The van der Waals surface area contributed by atoms with Crippen LogP contribution in [0.5, 0.6) is 0 Å². The van der Waals surface area contributed by atoms with Crippen LogP contribution in [0.3, 0.4) is 0 Å². The predicted octanol–water partition coefficient (Wildman–Crippen LogP) is 5.18. The molecule has 1 N–H and O–H groups in total. The molecule has 138 valence electrons. The highest BCUT2D eigenvalue weighted by molar-refractivity contribution is 7.14. The van der Waals surface area contributed by atoms with Gasteiger partial charge >= 0.3 is 0 Å². The maximum absolute atomic E-state index is 4.66. The average Bonchev–Trinajstić information content (AvgIpc) is 3.18. The Morgan fingerprint density at radius 3 is 2.52 bits per heavy atom. The van der Waals surface area contributed by atoms with Crippen molar-refractivity contribution < 1.29 is 0 Å². The SMILES string of the molecule is Cc1ccc(-c2csc(NN=C3CCN(Cc4ccccc4)CC3)n2)cc1. The molecule has 0 radical (unpaired) electrons. The quantitative estimate of drug-likeness (QED) is 0.624. The predicted molar refractivity (Wildman–Crippen MR) is 114 cm³/mol. The van der Waals surface area contributed by atoms with Gasteiger partial charge in [0.2, 0.25) is 5.13 Å². The molecule has 3 aromatic rings. The maximum atomic E-state index is 4.66. The third kappa shape index (κ3) is 4.81. The molecular formula is C22H24N4S. The van der Waals surface area contributed by atoms with E-state index in [0.29, 0.717) is 0 Å². The Hall–Kier alpha value is -2.50. The Kier molecular flexibility index (Phi) is 5.61. The van der Waals surface area contributed by atoms with Gasteiger partial charge in [-0.15, -0.1) is 11.3 Å². The molecule has 1 aliphatic heterocycles. The summed E-state index contributed by atoms with van der Waals surface area (Å²) in [6, 6.07) is 19.1. The van der Waals surface area contributed by atoms with Crippen LogP contribution in [-0.4, -0.2) is 28.7 Å². The lowest BCUT2D eigenvalue weighted by Crippen LogP contribution is -2.33. The fraction of sp³-hybridized carbons (Fsp3) is 0.273. The Labute approximate surface area is 164 Å². The van der Waals surface area contributed by atoms with Gasteiger partial charge in [-0.2, -0.15) is 5.10 Å². The van der Waals surface area contributed by atoms with Crippen LogP contribution >= 0.6 is 11.3 Å². The van der Waals surface area contributed by atoms with E-state index in [1.807, 2.05) is 0 Å². The molecule has 1 aromatic heterocycles. The van der Waals surface area contributed by atoms with Gasteiger partial charge in [-0.1, -0.05) is 60.2 Å². The first-order valence-electron chi connectivity index (χ1n) is 9.36. The van der Waals surface area contributed by atoms with E-state index in [9.17, 15) is 0 Å². The van der Waals surface area contributed by atoms with Crippen LogP contribution in [0.2, 0.25) is 0 Å². The molecule has 0 bridgehead atoms. The number of benzene rings is 2. The van der Waals surface area contributed by atoms with Gasteiger partial charge in [-0.05, 0) is 12.5 Å². The number of hydrogen-bond acceptors (Lipinski definition) is 5. The fourth-order valence-corrected chi connectivity index (χ4v) is 3.89. The first kappa shape index (κ1) is 17.9. The van der Waals surface area contributed by atoms with Crippen LogP contribution in [0.1, 0.15) is 24.0 Å². The Bertz CT molecular complexity index is 890. The van der Waals surface area contributed by atoms with Crippen LogP contribution in [0.15, 0.2) is 65.1 Å². The lowest BCUT2D eigenvalue weighted by molar-refractivity contribution is 0.266. The number of likely N-dealkylation sites (tertiary alicyclic amines) is 1. The van der Waals surface area contributed by atoms with Crippen LogP contribution in [0.4, 0.5) is 5.13 Å². The molecule has 1 saturated heterocycles. The van der Waals surface area contributed by atoms with Crippen molar-refractivity contribution in [3.05, 3.63) is 71.1 Å². The molecule has 0 amide bonds. The van der Waals surface area contributed by atoms with Gasteiger partial charge in [0.1, 0.15) is 0 Å². The number of nitrogens with zero attached hydrogens (tertiary/aromatic N) is 3. The lowest BCUT2D eigenvalue weighted by atomic mass is 10.1. The molecule has 1 aliphatic rings. The van der Waals surface area contributed by atoms with E-state index in [1.165, 1.54) is 16.8 Å². The van der Waals surface area contributed by atoms with E-state index in [0.717, 1.165) is 48.9 Å². The number of rotatable bonds is 5. The fourth-order valence-electron chi connectivity index (χ4n) is 3.23. The highest BCUT2D eigenvalue weighted by Crippen LogP contribution is 2.25. The first-order chi connectivity index (χ1) is 13.3. The summed E-state index contributed by atoms with van der Waals surface area (Å²) < 4.78 is 0. The number of anilines is 1. The van der Waals surface area contributed by atoms with Crippen molar-refractivity contribution in [2.24, 2.45) is 5.10 Å². The van der Waals surface area contributed by atoms with Gasteiger partial charge in [0.25, 0.3) is 0 Å². The normalized spacial score (nSPS) is 14.9. The summed E-state index contributed by atoms with van der Waals surface area (Å²) in [5.74, 6) is 0. The Morgan fingerprint density at radius 2 is 1.78 bits per heavy atom. The second-order valence-corrected chi connectivity index (χ2v) is 7.81. The summed E-state index contributed by atoms with van der Waals surface area (Å²) in [4.78, 5) is 7.15. The Morgan fingerprint density at radius 1 is 1.04 bits per heavy atom. The largest absolute Gasteiger partial charge is 0.298 e. The van der Waals surface area contributed by atoms with Crippen LogP contribution in [0.25, 0.3) is 11.3 Å². The molecule has 0 atom stereocenters. The van der Waals surface area contributed by atoms with E-state index in [4.69, 9.17) is 0 Å². The molecule has 5 heteroatoms. The van der Waals surface area contributed by atoms with Crippen LogP contribution in [-0.2, 0) is 6.54 Å². The maximum Gasteiger partial charge on any atom is 0.203 e. The molecule has 4 rings (SSSR count). The first-order valence-corrected chi connectivity index (χ1v) is 10.2. The van der Waals surface area contributed by atoms with Gasteiger partial charge in [0.05, 0.1) is 5.69 Å². The second kappa shape index (κ2) is 8.46. The minimum absolute atomic E-state index is 0.852. The van der Waals surface area contributed by atoms with E-state index >= 15 is 0 Å². The number of thiazole rings is 1. The lowest BCUT2D eigenvalue weighted by Gasteiger charge is -2.27. The minimum Gasteiger partial charge on any atom is -0.298 e. The zero-order valence-corrected chi connectivity index (χ0v) is 16.4.